The molecule has 4 saturated carbocycles. The van der Waals surface area contributed by atoms with Gasteiger partial charge in [-0.15, -0.1) is 0 Å². The maximum atomic E-state index is 13.7. The van der Waals surface area contributed by atoms with Crippen LogP contribution in [0.5, 0.6) is 0 Å². The van der Waals surface area contributed by atoms with Crippen molar-refractivity contribution in [1.29, 1.82) is 5.26 Å². The Kier molecular flexibility index (Phi) is 7.22. The maximum absolute atomic E-state index is 13.7. The smallest absolute Gasteiger partial charge is 0.228 e. The molecule has 37 heavy (non-hydrogen) atoms. The van der Waals surface area contributed by atoms with E-state index in [-0.39, 0.29) is 17.2 Å². The number of rotatable bonds is 6. The quantitative estimate of drug-likeness (QED) is 0.454. The number of nitriles is 1. The zero-order valence-corrected chi connectivity index (χ0v) is 23.3. The average Bonchev–Trinajstić information content (AvgIpc) is 3.23. The number of methoxy groups -OCH3 is 1. The molecular weight excluding hydrogens is 460 g/mol. The van der Waals surface area contributed by atoms with Crippen molar-refractivity contribution >= 4 is 11.6 Å². The molecule has 1 aromatic carbocycles. The molecule has 0 heterocycles. The summed E-state index contributed by atoms with van der Waals surface area (Å²) in [5.41, 5.74) is 2.14. The number of carbonyl (C=O) groups excluding carboxylic acids is 1. The number of aliphatic hydroxyl groups is 1. The first-order chi connectivity index (χ1) is 17.7. The monoisotopic (exact) mass is 506 g/mol. The first kappa shape index (κ1) is 26.7. The highest BCUT2D eigenvalue weighted by molar-refractivity contribution is 5.94. The number of nitrogens with zero attached hydrogens (tertiary/aromatic N) is 1. The molecule has 4 aliphatic rings. The second kappa shape index (κ2) is 10.0. The maximum Gasteiger partial charge on any atom is 0.228 e. The number of hydrogen-bond acceptors (Lipinski definition) is 4. The van der Waals surface area contributed by atoms with Crippen molar-refractivity contribution in [3.63, 3.8) is 0 Å². The fraction of sp³-hybridized carbons (Fsp3) is 0.750. The standard InChI is InChI=1S/C32H46N2O3/c1-5-13-32-16-15-31(36,20-37-4)18-23(32)7-8-24-25-9-10-27(30(25,3)14-12-26(24)32)29(35)34-28-11-6-22(19-33)17-21(28)2/h6,11,17,23-27,36H,5,7-10,12-16,18,20H2,1-4H3,(H,34,35)/t23-,24-,25-,26-,27+,30-,31+,32-/m0/s1. The summed E-state index contributed by atoms with van der Waals surface area (Å²) in [7, 11) is 1.71. The van der Waals surface area contributed by atoms with Crippen LogP contribution in [0.25, 0.3) is 0 Å². The topological polar surface area (TPSA) is 82.3 Å². The van der Waals surface area contributed by atoms with Gasteiger partial charge in [0.05, 0.1) is 23.8 Å². The van der Waals surface area contributed by atoms with Crippen molar-refractivity contribution in [2.24, 2.45) is 40.4 Å². The number of fused-ring (bicyclic) bond motifs is 5. The molecule has 0 radical (unpaired) electrons. The number of ether oxygens (including phenoxy) is 1. The Balaban J connectivity index is 1.35. The predicted octanol–water partition coefficient (Wildman–Crippen LogP) is 6.62. The van der Waals surface area contributed by atoms with Gasteiger partial charge in [-0.2, -0.15) is 5.26 Å². The summed E-state index contributed by atoms with van der Waals surface area (Å²) in [6.45, 7) is 7.16. The third-order valence-electron chi connectivity index (χ3n) is 11.6. The van der Waals surface area contributed by atoms with Gasteiger partial charge in [0, 0.05) is 18.7 Å². The number of carbonyl (C=O) groups is 1. The van der Waals surface area contributed by atoms with E-state index >= 15 is 0 Å². The zero-order chi connectivity index (χ0) is 26.4. The van der Waals surface area contributed by atoms with Gasteiger partial charge >= 0.3 is 0 Å². The Morgan fingerprint density at radius 2 is 1.97 bits per heavy atom. The summed E-state index contributed by atoms with van der Waals surface area (Å²) >= 11 is 0. The SMILES string of the molecule is CCC[C@]12CC[C@](O)(COC)C[C@@H]1CC[C@H]1[C@@H]3CC[C@H](C(=O)Nc4ccc(C#N)cc4C)[C@@]3(C)CC[C@@H]12. The lowest BCUT2D eigenvalue weighted by molar-refractivity contribution is -0.173. The van der Waals surface area contributed by atoms with E-state index in [0.29, 0.717) is 35.3 Å². The van der Waals surface area contributed by atoms with Crippen molar-refractivity contribution in [2.45, 2.75) is 97.0 Å². The van der Waals surface area contributed by atoms with Crippen LogP contribution in [-0.2, 0) is 9.53 Å². The molecule has 5 rings (SSSR count). The van der Waals surface area contributed by atoms with Crippen LogP contribution in [0.1, 0.15) is 95.6 Å². The minimum absolute atomic E-state index is 0.0477. The van der Waals surface area contributed by atoms with E-state index in [1.54, 1.807) is 13.2 Å². The zero-order valence-electron chi connectivity index (χ0n) is 23.3. The Morgan fingerprint density at radius 3 is 2.68 bits per heavy atom. The highest BCUT2D eigenvalue weighted by atomic mass is 16.5. The van der Waals surface area contributed by atoms with Gasteiger partial charge in [0.25, 0.3) is 0 Å². The average molecular weight is 507 g/mol. The van der Waals surface area contributed by atoms with Gasteiger partial charge in [0.15, 0.2) is 0 Å². The first-order valence-electron chi connectivity index (χ1n) is 14.7. The molecule has 4 aliphatic carbocycles. The summed E-state index contributed by atoms with van der Waals surface area (Å²) < 4.78 is 5.43. The van der Waals surface area contributed by atoms with Crippen molar-refractivity contribution in [2.75, 3.05) is 19.0 Å². The third kappa shape index (κ3) is 4.43. The Labute approximate surface area is 223 Å². The number of benzene rings is 1. The molecule has 0 spiro atoms. The van der Waals surface area contributed by atoms with Crippen molar-refractivity contribution in [3.05, 3.63) is 29.3 Å². The molecular formula is C32H46N2O3. The lowest BCUT2D eigenvalue weighted by Crippen LogP contribution is -2.58. The van der Waals surface area contributed by atoms with E-state index in [4.69, 9.17) is 4.74 Å². The molecule has 0 aromatic heterocycles. The third-order valence-corrected chi connectivity index (χ3v) is 11.6. The molecule has 0 bridgehead atoms. The van der Waals surface area contributed by atoms with Gasteiger partial charge in [-0.25, -0.2) is 0 Å². The fourth-order valence-corrected chi connectivity index (χ4v) is 10.0. The molecule has 2 N–H and O–H groups in total. The number of aryl methyl sites for hydroxylation is 1. The Hall–Kier alpha value is -1.90. The van der Waals surface area contributed by atoms with E-state index in [9.17, 15) is 15.2 Å². The van der Waals surface area contributed by atoms with E-state index in [0.717, 1.165) is 55.7 Å². The van der Waals surface area contributed by atoms with Gasteiger partial charge in [0.2, 0.25) is 5.91 Å². The van der Waals surface area contributed by atoms with E-state index < -0.39 is 5.60 Å². The highest BCUT2D eigenvalue weighted by Gasteiger charge is 2.63. The van der Waals surface area contributed by atoms with Gasteiger partial charge in [-0.05, 0) is 129 Å². The largest absolute Gasteiger partial charge is 0.387 e. The van der Waals surface area contributed by atoms with Crippen molar-refractivity contribution in [3.8, 4) is 6.07 Å². The molecule has 4 fully saturated rings. The van der Waals surface area contributed by atoms with E-state index in [1.807, 2.05) is 19.1 Å². The fourth-order valence-electron chi connectivity index (χ4n) is 10.0. The van der Waals surface area contributed by atoms with Gasteiger partial charge in [-0.3, -0.25) is 4.79 Å². The normalized spacial score (nSPS) is 40.7. The van der Waals surface area contributed by atoms with Crippen LogP contribution >= 0.6 is 0 Å². The van der Waals surface area contributed by atoms with Crippen molar-refractivity contribution in [1.82, 2.24) is 0 Å². The number of nitrogens with one attached hydrogen (secondary N) is 1. The summed E-state index contributed by atoms with van der Waals surface area (Å²) in [5.74, 6) is 2.83. The number of amides is 1. The number of hydrogen-bond donors (Lipinski definition) is 2. The van der Waals surface area contributed by atoms with E-state index in [2.05, 4.69) is 25.2 Å². The van der Waals surface area contributed by atoms with Crippen LogP contribution in [0, 0.1) is 58.7 Å². The first-order valence-corrected chi connectivity index (χ1v) is 14.7. The van der Waals surface area contributed by atoms with Crippen LogP contribution in [0.15, 0.2) is 18.2 Å². The van der Waals surface area contributed by atoms with Crippen LogP contribution in [0.2, 0.25) is 0 Å². The second-order valence-corrected chi connectivity index (χ2v) is 13.3. The summed E-state index contributed by atoms with van der Waals surface area (Å²) in [5, 5.41) is 23.7. The Morgan fingerprint density at radius 1 is 1.16 bits per heavy atom. The molecule has 202 valence electrons. The molecule has 5 nitrogen and oxygen atoms in total. The minimum atomic E-state index is -0.660. The predicted molar refractivity (Wildman–Crippen MR) is 146 cm³/mol. The van der Waals surface area contributed by atoms with Crippen LogP contribution in [-0.4, -0.2) is 30.3 Å². The van der Waals surface area contributed by atoms with Crippen LogP contribution in [0.3, 0.4) is 0 Å². The van der Waals surface area contributed by atoms with Gasteiger partial charge in [0.1, 0.15) is 0 Å². The summed E-state index contributed by atoms with van der Waals surface area (Å²) in [6, 6.07) is 7.70. The number of anilines is 1. The second-order valence-electron chi connectivity index (χ2n) is 13.3. The lowest BCUT2D eigenvalue weighted by atomic mass is 9.42. The molecule has 1 amide bonds. The highest BCUT2D eigenvalue weighted by Crippen LogP contribution is 2.69. The van der Waals surface area contributed by atoms with Gasteiger partial charge < -0.3 is 15.2 Å². The van der Waals surface area contributed by atoms with E-state index in [1.165, 1.54) is 32.1 Å². The molecule has 1 aromatic rings. The van der Waals surface area contributed by atoms with Crippen molar-refractivity contribution < 1.29 is 14.6 Å². The minimum Gasteiger partial charge on any atom is -0.387 e. The van der Waals surface area contributed by atoms with Gasteiger partial charge in [-0.1, -0.05) is 20.3 Å². The lowest BCUT2D eigenvalue weighted by Gasteiger charge is -2.63. The molecule has 8 atom stereocenters. The van der Waals surface area contributed by atoms with Crippen LogP contribution in [0.4, 0.5) is 5.69 Å². The summed E-state index contributed by atoms with van der Waals surface area (Å²) in [4.78, 5) is 13.7. The molecule has 0 saturated heterocycles. The molecule has 5 heteroatoms. The van der Waals surface area contributed by atoms with Crippen LogP contribution < -0.4 is 5.32 Å². The Bertz CT molecular complexity index is 1060. The molecule has 0 unspecified atom stereocenters. The molecule has 0 aliphatic heterocycles. The summed E-state index contributed by atoms with van der Waals surface area (Å²) in [6.07, 6.45) is 12.3.